The van der Waals surface area contributed by atoms with Gasteiger partial charge in [-0.15, -0.1) is 0 Å². The molecule has 0 aromatic carbocycles. The van der Waals surface area contributed by atoms with Gasteiger partial charge in [0.2, 0.25) is 11.8 Å². The third-order valence-electron chi connectivity index (χ3n) is 4.21. The second kappa shape index (κ2) is 8.09. The van der Waals surface area contributed by atoms with Crippen LogP contribution in [0.15, 0.2) is 30.9 Å². The minimum atomic E-state index is 0.505. The summed E-state index contributed by atoms with van der Waals surface area (Å²) in [6, 6.07) is 3.64. The Morgan fingerprint density at radius 1 is 1.04 bits per heavy atom. The number of aromatic nitrogens is 6. The molecule has 3 aromatic heterocycles. The van der Waals surface area contributed by atoms with Gasteiger partial charge in [0, 0.05) is 25.4 Å². The van der Waals surface area contributed by atoms with Crippen molar-refractivity contribution in [1.29, 1.82) is 0 Å². The number of nitrogens with one attached hydrogen (secondary N) is 1. The Kier molecular flexibility index (Phi) is 5.20. The molecule has 1 fully saturated rings. The Hall–Kier alpha value is -3.40. The van der Waals surface area contributed by atoms with Crippen LogP contribution < -0.4 is 15.0 Å². The number of morpholine rings is 1. The van der Waals surface area contributed by atoms with E-state index in [1.807, 2.05) is 13.0 Å². The summed E-state index contributed by atoms with van der Waals surface area (Å²) in [7, 11) is 1.58. The summed E-state index contributed by atoms with van der Waals surface area (Å²) in [5.41, 5.74) is 1.44. The van der Waals surface area contributed by atoms with Gasteiger partial charge in [0.25, 0.3) is 0 Å². The van der Waals surface area contributed by atoms with Crippen molar-refractivity contribution in [3.63, 3.8) is 0 Å². The van der Waals surface area contributed by atoms with Crippen LogP contribution in [0, 0.1) is 6.92 Å². The first kappa shape index (κ1) is 18.0. The lowest BCUT2D eigenvalue weighted by atomic mass is 10.2. The molecular formula is C18H20N8O2. The number of rotatable bonds is 5. The van der Waals surface area contributed by atoms with Gasteiger partial charge in [-0.3, -0.25) is 0 Å². The second-order valence-electron chi connectivity index (χ2n) is 6.10. The van der Waals surface area contributed by atoms with Crippen LogP contribution in [0.1, 0.15) is 5.82 Å². The fourth-order valence-corrected chi connectivity index (χ4v) is 2.77. The zero-order valence-electron chi connectivity index (χ0n) is 15.7. The van der Waals surface area contributed by atoms with Gasteiger partial charge in [-0.2, -0.15) is 4.98 Å². The van der Waals surface area contributed by atoms with Gasteiger partial charge in [-0.1, -0.05) is 0 Å². The van der Waals surface area contributed by atoms with E-state index in [9.17, 15) is 0 Å². The minimum absolute atomic E-state index is 0.505. The van der Waals surface area contributed by atoms with Gasteiger partial charge in [-0.25, -0.2) is 24.9 Å². The fourth-order valence-electron chi connectivity index (χ4n) is 2.77. The molecule has 28 heavy (non-hydrogen) atoms. The van der Waals surface area contributed by atoms with Gasteiger partial charge in [0.1, 0.15) is 18.0 Å². The van der Waals surface area contributed by atoms with Crippen molar-refractivity contribution in [1.82, 2.24) is 29.9 Å². The predicted molar refractivity (Wildman–Crippen MR) is 103 cm³/mol. The molecule has 10 heteroatoms. The highest BCUT2D eigenvalue weighted by atomic mass is 16.5. The number of hydrogen-bond donors (Lipinski definition) is 1. The summed E-state index contributed by atoms with van der Waals surface area (Å²) < 4.78 is 10.5. The lowest BCUT2D eigenvalue weighted by Crippen LogP contribution is -2.37. The number of methoxy groups -OCH3 is 1. The number of pyridine rings is 1. The van der Waals surface area contributed by atoms with Crippen molar-refractivity contribution in [2.24, 2.45) is 0 Å². The zero-order valence-corrected chi connectivity index (χ0v) is 15.7. The van der Waals surface area contributed by atoms with Crippen molar-refractivity contribution in [3.8, 4) is 17.3 Å². The quantitative estimate of drug-likeness (QED) is 0.701. The second-order valence-corrected chi connectivity index (χ2v) is 6.10. The maximum absolute atomic E-state index is 5.42. The van der Waals surface area contributed by atoms with Crippen molar-refractivity contribution in [2.75, 3.05) is 43.6 Å². The van der Waals surface area contributed by atoms with Crippen LogP contribution in [0.25, 0.3) is 11.4 Å². The highest BCUT2D eigenvalue weighted by Gasteiger charge is 2.18. The highest BCUT2D eigenvalue weighted by molar-refractivity contribution is 5.74. The predicted octanol–water partition coefficient (Wildman–Crippen LogP) is 1.62. The van der Waals surface area contributed by atoms with E-state index >= 15 is 0 Å². The number of ether oxygens (including phenoxy) is 2. The zero-order chi connectivity index (χ0) is 19.3. The van der Waals surface area contributed by atoms with Crippen LogP contribution in [-0.2, 0) is 4.74 Å². The number of hydrogen-bond acceptors (Lipinski definition) is 10. The van der Waals surface area contributed by atoms with Crippen LogP contribution in [0.5, 0.6) is 5.88 Å². The van der Waals surface area contributed by atoms with Gasteiger partial charge < -0.3 is 19.7 Å². The van der Waals surface area contributed by atoms with E-state index in [1.165, 1.54) is 6.33 Å². The van der Waals surface area contributed by atoms with Crippen LogP contribution in [0.3, 0.4) is 0 Å². The van der Waals surface area contributed by atoms with Crippen molar-refractivity contribution < 1.29 is 9.47 Å². The molecule has 1 aliphatic rings. The highest BCUT2D eigenvalue weighted by Crippen LogP contribution is 2.28. The molecule has 10 nitrogen and oxygen atoms in total. The Morgan fingerprint density at radius 2 is 1.89 bits per heavy atom. The van der Waals surface area contributed by atoms with Crippen LogP contribution >= 0.6 is 0 Å². The monoisotopic (exact) mass is 380 g/mol. The third-order valence-corrected chi connectivity index (χ3v) is 4.21. The number of anilines is 3. The van der Waals surface area contributed by atoms with E-state index in [0.29, 0.717) is 48.1 Å². The molecule has 0 aliphatic carbocycles. The average Bonchev–Trinajstić information content (AvgIpc) is 2.75. The van der Waals surface area contributed by atoms with Gasteiger partial charge in [-0.05, 0) is 13.0 Å². The van der Waals surface area contributed by atoms with Gasteiger partial charge in [0.15, 0.2) is 5.82 Å². The Balaban J connectivity index is 1.71. The largest absolute Gasteiger partial charge is 0.481 e. The molecule has 0 atom stereocenters. The molecule has 0 spiro atoms. The first-order valence-electron chi connectivity index (χ1n) is 8.86. The lowest BCUT2D eigenvalue weighted by Gasteiger charge is -2.27. The van der Waals surface area contributed by atoms with Crippen LogP contribution in [0.4, 0.5) is 17.5 Å². The summed E-state index contributed by atoms with van der Waals surface area (Å²) in [6.07, 6.45) is 4.88. The van der Waals surface area contributed by atoms with E-state index in [-0.39, 0.29) is 0 Å². The summed E-state index contributed by atoms with van der Waals surface area (Å²) in [6.45, 7) is 4.61. The van der Waals surface area contributed by atoms with E-state index in [0.717, 1.165) is 18.8 Å². The molecule has 4 heterocycles. The standard InChI is InChI=1S/C18H20N8O2/c1-12-21-11-22-16(23-12)14-10-20-18(26-5-7-28-8-6-26)25-17(14)24-13-3-4-15(27-2)19-9-13/h3-4,9-11H,5-8H2,1-2H3,(H,20,24,25). The SMILES string of the molecule is COc1ccc(Nc2nc(N3CCOCC3)ncc2-c2ncnc(C)n2)cn1. The van der Waals surface area contributed by atoms with Crippen LogP contribution in [0.2, 0.25) is 0 Å². The molecule has 0 saturated carbocycles. The smallest absolute Gasteiger partial charge is 0.227 e. The molecule has 1 N–H and O–H groups in total. The molecule has 144 valence electrons. The van der Waals surface area contributed by atoms with Crippen LogP contribution in [-0.4, -0.2) is 63.3 Å². The number of nitrogens with zero attached hydrogens (tertiary/aromatic N) is 7. The third kappa shape index (κ3) is 3.96. The molecule has 0 bridgehead atoms. The fraction of sp³-hybridized carbons (Fsp3) is 0.333. The minimum Gasteiger partial charge on any atom is -0.481 e. The molecule has 1 aliphatic heterocycles. The topological polar surface area (TPSA) is 111 Å². The normalized spacial score (nSPS) is 14.0. The Morgan fingerprint density at radius 3 is 2.61 bits per heavy atom. The molecular weight excluding hydrogens is 360 g/mol. The van der Waals surface area contributed by atoms with Gasteiger partial charge >= 0.3 is 0 Å². The summed E-state index contributed by atoms with van der Waals surface area (Å²) >= 11 is 0. The summed E-state index contributed by atoms with van der Waals surface area (Å²) in [5, 5.41) is 3.29. The average molecular weight is 380 g/mol. The Labute approximate surface area is 162 Å². The van der Waals surface area contributed by atoms with E-state index < -0.39 is 0 Å². The van der Waals surface area contributed by atoms with Crippen molar-refractivity contribution in [3.05, 3.63) is 36.7 Å². The van der Waals surface area contributed by atoms with E-state index in [4.69, 9.17) is 14.5 Å². The lowest BCUT2D eigenvalue weighted by molar-refractivity contribution is 0.122. The molecule has 4 rings (SSSR count). The maximum Gasteiger partial charge on any atom is 0.227 e. The maximum atomic E-state index is 5.42. The van der Waals surface area contributed by atoms with Crippen molar-refractivity contribution in [2.45, 2.75) is 6.92 Å². The van der Waals surface area contributed by atoms with E-state index in [2.05, 4.69) is 35.1 Å². The number of aryl methyl sites for hydroxylation is 1. The summed E-state index contributed by atoms with van der Waals surface area (Å²) in [5.74, 6) is 2.88. The van der Waals surface area contributed by atoms with Crippen molar-refractivity contribution >= 4 is 17.5 Å². The molecule has 0 amide bonds. The first-order chi connectivity index (χ1) is 13.7. The first-order valence-corrected chi connectivity index (χ1v) is 8.86. The Bertz CT molecular complexity index is 945. The van der Waals surface area contributed by atoms with Gasteiger partial charge in [0.05, 0.1) is 37.8 Å². The summed E-state index contributed by atoms with van der Waals surface area (Å²) in [4.78, 5) is 28.3. The molecule has 0 unspecified atom stereocenters. The van der Waals surface area contributed by atoms with E-state index in [1.54, 1.807) is 25.6 Å². The molecule has 0 radical (unpaired) electrons. The molecule has 3 aromatic rings. The molecule has 1 saturated heterocycles.